The standard InChI is InChI=1S/C27H29N3O5/c1-27(34)20(26(33)35-2)17-28-22(23(27)31)25(32)30-16-10-9-15-29(30)24(28)21(18-11-5-3-6-12-18)19-13-7-4-8-14-19/h3-8,11-14,17,21,24,31,34H,9-10,15-16H2,1-2H3. The summed E-state index contributed by atoms with van der Waals surface area (Å²) in [6.07, 6.45) is 2.73. The smallest absolute Gasteiger partial charge is 0.338 e. The van der Waals surface area contributed by atoms with Crippen molar-refractivity contribution in [2.24, 2.45) is 0 Å². The van der Waals surface area contributed by atoms with Gasteiger partial charge in [0.2, 0.25) is 0 Å². The van der Waals surface area contributed by atoms with Gasteiger partial charge in [-0.15, -0.1) is 0 Å². The lowest BCUT2D eigenvalue weighted by atomic mass is 9.83. The van der Waals surface area contributed by atoms with Gasteiger partial charge >= 0.3 is 5.97 Å². The van der Waals surface area contributed by atoms with E-state index in [4.69, 9.17) is 4.74 Å². The maximum Gasteiger partial charge on any atom is 0.338 e. The average molecular weight is 476 g/mol. The monoisotopic (exact) mass is 475 g/mol. The van der Waals surface area contributed by atoms with E-state index < -0.39 is 29.4 Å². The first-order chi connectivity index (χ1) is 16.9. The van der Waals surface area contributed by atoms with Crippen LogP contribution in [0.2, 0.25) is 0 Å². The Morgan fingerprint density at radius 2 is 1.60 bits per heavy atom. The van der Waals surface area contributed by atoms with E-state index in [0.29, 0.717) is 13.1 Å². The van der Waals surface area contributed by atoms with Gasteiger partial charge in [0.25, 0.3) is 5.91 Å². The third-order valence-corrected chi connectivity index (χ3v) is 7.10. The highest BCUT2D eigenvalue weighted by molar-refractivity contribution is 5.98. The second kappa shape index (κ2) is 8.87. The van der Waals surface area contributed by atoms with Gasteiger partial charge in [0.05, 0.1) is 12.7 Å². The highest BCUT2D eigenvalue weighted by atomic mass is 16.5. The number of rotatable bonds is 4. The Bertz CT molecular complexity index is 1150. The van der Waals surface area contributed by atoms with Crippen LogP contribution in [0, 0.1) is 0 Å². The number of carbonyl (C=O) groups excluding carboxylic acids is 2. The Balaban J connectivity index is 1.76. The second-order valence-corrected chi connectivity index (χ2v) is 9.22. The van der Waals surface area contributed by atoms with E-state index in [-0.39, 0.29) is 17.2 Å². The van der Waals surface area contributed by atoms with Crippen LogP contribution in [0.4, 0.5) is 0 Å². The molecule has 182 valence electrons. The number of methoxy groups -OCH3 is 1. The first-order valence-electron chi connectivity index (χ1n) is 11.8. The maximum atomic E-state index is 13.6. The van der Waals surface area contributed by atoms with Crippen molar-refractivity contribution in [2.75, 3.05) is 20.2 Å². The molecular weight excluding hydrogens is 446 g/mol. The molecule has 5 rings (SSSR count). The van der Waals surface area contributed by atoms with Crippen molar-refractivity contribution in [3.8, 4) is 0 Å². The molecule has 3 aliphatic heterocycles. The summed E-state index contributed by atoms with van der Waals surface area (Å²) in [5.41, 5.74) is -0.181. The molecule has 0 spiro atoms. The number of nitrogens with zero attached hydrogens (tertiary/aromatic N) is 3. The molecule has 3 heterocycles. The average Bonchev–Trinajstić information content (AvgIpc) is 2.89. The largest absolute Gasteiger partial charge is 0.507 e. The van der Waals surface area contributed by atoms with Crippen molar-refractivity contribution in [3.05, 3.63) is 95.0 Å². The molecule has 8 heteroatoms. The van der Waals surface area contributed by atoms with Crippen LogP contribution in [-0.4, -0.2) is 69.0 Å². The van der Waals surface area contributed by atoms with Gasteiger partial charge in [0.1, 0.15) is 6.17 Å². The zero-order valence-corrected chi connectivity index (χ0v) is 19.8. The lowest BCUT2D eigenvalue weighted by Gasteiger charge is -2.55. The number of hydrogen-bond acceptors (Lipinski definition) is 7. The maximum absolute atomic E-state index is 13.6. The van der Waals surface area contributed by atoms with Gasteiger partial charge in [0, 0.05) is 25.2 Å². The SMILES string of the molecule is COC(=O)C1=CN2C(=C(O)C1(C)O)C(=O)N1CCCCN1C2C(c1ccccc1)c1ccccc1. The number of ether oxygens (including phenoxy) is 1. The lowest BCUT2D eigenvalue weighted by molar-refractivity contribution is -0.181. The fraction of sp³-hybridized carbons (Fsp3) is 0.333. The first-order valence-corrected chi connectivity index (χ1v) is 11.8. The molecule has 0 radical (unpaired) electrons. The summed E-state index contributed by atoms with van der Waals surface area (Å²) in [7, 11) is 1.22. The van der Waals surface area contributed by atoms with Gasteiger partial charge in [-0.3, -0.25) is 9.80 Å². The van der Waals surface area contributed by atoms with Gasteiger partial charge in [-0.05, 0) is 30.9 Å². The Hall–Kier alpha value is -3.62. The van der Waals surface area contributed by atoms with Crippen LogP contribution >= 0.6 is 0 Å². The van der Waals surface area contributed by atoms with Gasteiger partial charge in [-0.2, -0.15) is 5.01 Å². The van der Waals surface area contributed by atoms with Crippen molar-refractivity contribution >= 4 is 11.9 Å². The minimum Gasteiger partial charge on any atom is -0.507 e. The summed E-state index contributed by atoms with van der Waals surface area (Å²) in [4.78, 5) is 28.0. The van der Waals surface area contributed by atoms with Crippen LogP contribution in [0.15, 0.2) is 83.9 Å². The molecule has 2 unspecified atom stereocenters. The molecule has 0 aromatic heterocycles. The molecule has 2 aromatic carbocycles. The van der Waals surface area contributed by atoms with Crippen LogP contribution in [0.1, 0.15) is 36.8 Å². The first kappa shape index (κ1) is 23.1. The normalized spacial score (nSPS) is 24.7. The number of esters is 1. The predicted molar refractivity (Wildman–Crippen MR) is 128 cm³/mol. The predicted octanol–water partition coefficient (Wildman–Crippen LogP) is 2.89. The molecule has 1 amide bonds. The van der Waals surface area contributed by atoms with Crippen LogP contribution in [-0.2, 0) is 14.3 Å². The number of carbonyl (C=O) groups is 2. The summed E-state index contributed by atoms with van der Waals surface area (Å²) < 4.78 is 4.92. The molecule has 35 heavy (non-hydrogen) atoms. The van der Waals surface area contributed by atoms with E-state index in [1.165, 1.54) is 20.2 Å². The van der Waals surface area contributed by atoms with E-state index in [9.17, 15) is 19.8 Å². The third kappa shape index (κ3) is 3.69. The number of amides is 1. The molecule has 0 aliphatic carbocycles. The molecule has 2 fully saturated rings. The van der Waals surface area contributed by atoms with E-state index in [1.807, 2.05) is 65.7 Å². The summed E-state index contributed by atoms with van der Waals surface area (Å²) in [6.45, 7) is 2.44. The van der Waals surface area contributed by atoms with Crippen molar-refractivity contribution in [2.45, 2.75) is 37.5 Å². The van der Waals surface area contributed by atoms with Crippen LogP contribution in [0.25, 0.3) is 0 Å². The molecule has 0 saturated carbocycles. The summed E-state index contributed by atoms with van der Waals surface area (Å²) in [5.74, 6) is -1.98. The van der Waals surface area contributed by atoms with E-state index >= 15 is 0 Å². The number of aliphatic hydroxyl groups is 2. The van der Waals surface area contributed by atoms with E-state index in [1.54, 1.807) is 9.91 Å². The topological polar surface area (TPSA) is 93.5 Å². The molecule has 0 bridgehead atoms. The van der Waals surface area contributed by atoms with Gasteiger partial charge in [-0.25, -0.2) is 4.79 Å². The summed E-state index contributed by atoms with van der Waals surface area (Å²) >= 11 is 0. The van der Waals surface area contributed by atoms with Crippen molar-refractivity contribution in [3.63, 3.8) is 0 Å². The molecular formula is C27H29N3O5. The number of hydrogen-bond donors (Lipinski definition) is 2. The van der Waals surface area contributed by atoms with E-state index in [0.717, 1.165) is 24.0 Å². The number of fused-ring (bicyclic) bond motifs is 2. The number of aliphatic hydroxyl groups excluding tert-OH is 1. The highest BCUT2D eigenvalue weighted by Crippen LogP contribution is 2.44. The molecule has 3 aliphatic rings. The van der Waals surface area contributed by atoms with Gasteiger partial charge in [-0.1, -0.05) is 60.7 Å². The second-order valence-electron chi connectivity index (χ2n) is 9.22. The molecule has 8 nitrogen and oxygen atoms in total. The third-order valence-electron chi connectivity index (χ3n) is 7.10. The van der Waals surface area contributed by atoms with Crippen LogP contribution < -0.4 is 0 Å². The molecule has 2 saturated heterocycles. The Morgan fingerprint density at radius 3 is 2.17 bits per heavy atom. The van der Waals surface area contributed by atoms with Crippen molar-refractivity contribution < 1.29 is 24.5 Å². The zero-order valence-electron chi connectivity index (χ0n) is 19.8. The molecule has 2 atom stereocenters. The molecule has 2 aromatic rings. The Labute approximate surface area is 204 Å². The van der Waals surface area contributed by atoms with Gasteiger partial charge < -0.3 is 19.8 Å². The minimum atomic E-state index is -2.06. The van der Waals surface area contributed by atoms with Crippen LogP contribution in [0.3, 0.4) is 0 Å². The quantitative estimate of drug-likeness (QED) is 0.657. The fourth-order valence-electron chi connectivity index (χ4n) is 5.33. The minimum absolute atomic E-state index is 0.0253. The number of benzene rings is 2. The van der Waals surface area contributed by atoms with Crippen molar-refractivity contribution in [1.29, 1.82) is 0 Å². The summed E-state index contributed by atoms with van der Waals surface area (Å²) in [6, 6.07) is 19.9. The fourth-order valence-corrected chi connectivity index (χ4v) is 5.33. The van der Waals surface area contributed by atoms with Crippen LogP contribution in [0.5, 0.6) is 0 Å². The van der Waals surface area contributed by atoms with E-state index in [2.05, 4.69) is 0 Å². The Morgan fingerprint density at radius 1 is 1.03 bits per heavy atom. The van der Waals surface area contributed by atoms with Gasteiger partial charge in [0.15, 0.2) is 17.1 Å². The highest BCUT2D eigenvalue weighted by Gasteiger charge is 2.53. The lowest BCUT2D eigenvalue weighted by Crippen LogP contribution is -2.68. The number of hydrazine groups is 1. The zero-order chi connectivity index (χ0) is 24.7. The Kier molecular flexibility index (Phi) is 5.86. The summed E-state index contributed by atoms with van der Waals surface area (Å²) in [5, 5.41) is 26.0. The van der Waals surface area contributed by atoms with Crippen molar-refractivity contribution in [1.82, 2.24) is 14.9 Å². The molecule has 2 N–H and O–H groups in total.